The van der Waals surface area contributed by atoms with Gasteiger partial charge in [-0.25, -0.2) is 4.98 Å². The number of nitrogens with zero attached hydrogens (tertiary/aromatic N) is 2. The molecule has 0 saturated carbocycles. The van der Waals surface area contributed by atoms with Crippen molar-refractivity contribution in [1.29, 1.82) is 0 Å². The highest BCUT2D eigenvalue weighted by Gasteiger charge is 2.23. The minimum absolute atomic E-state index is 0.0472. The molecule has 0 amide bonds. The lowest BCUT2D eigenvalue weighted by molar-refractivity contribution is -0.0710. The fourth-order valence-electron chi connectivity index (χ4n) is 3.31. The molecule has 4 heterocycles. The predicted octanol–water partition coefficient (Wildman–Crippen LogP) is 3.32. The third kappa shape index (κ3) is 3.04. The Hall–Kier alpha value is -1.54. The van der Waals surface area contributed by atoms with Crippen molar-refractivity contribution >= 4 is 32.9 Å². The molecular formula is C17H19N3O2S2. The Kier molecular flexibility index (Phi) is 4.26. The number of aromatic amines is 1. The van der Waals surface area contributed by atoms with Crippen LogP contribution in [-0.2, 0) is 11.3 Å². The minimum Gasteiger partial charge on any atom is -0.373 e. The van der Waals surface area contributed by atoms with Crippen LogP contribution in [0.4, 0.5) is 0 Å². The first-order chi connectivity index (χ1) is 11.6. The summed E-state index contributed by atoms with van der Waals surface area (Å²) < 4.78 is 5.76. The Morgan fingerprint density at radius 3 is 2.83 bits per heavy atom. The fraction of sp³-hybridized carbons (Fsp3) is 0.412. The van der Waals surface area contributed by atoms with Crippen molar-refractivity contribution in [1.82, 2.24) is 14.9 Å². The number of ether oxygens (including phenoxy) is 1. The van der Waals surface area contributed by atoms with E-state index in [0.717, 1.165) is 34.2 Å². The molecule has 126 valence electrons. The second kappa shape index (κ2) is 6.40. The topological polar surface area (TPSA) is 58.2 Å². The molecule has 3 aromatic heterocycles. The van der Waals surface area contributed by atoms with Gasteiger partial charge in [-0.3, -0.25) is 9.69 Å². The number of nitrogens with one attached hydrogen (secondary N) is 1. The minimum atomic E-state index is -0.0472. The maximum atomic E-state index is 12.6. The molecule has 1 saturated heterocycles. The number of H-pyrrole nitrogens is 1. The molecule has 7 heteroatoms. The highest BCUT2D eigenvalue weighted by atomic mass is 32.1. The maximum absolute atomic E-state index is 12.6. The Morgan fingerprint density at radius 2 is 2.12 bits per heavy atom. The van der Waals surface area contributed by atoms with E-state index in [4.69, 9.17) is 9.72 Å². The zero-order chi connectivity index (χ0) is 16.7. The van der Waals surface area contributed by atoms with Crippen LogP contribution in [0, 0.1) is 0 Å². The molecule has 1 aliphatic heterocycles. The van der Waals surface area contributed by atoms with Crippen LogP contribution in [0.1, 0.15) is 19.7 Å². The van der Waals surface area contributed by atoms with Crippen molar-refractivity contribution < 1.29 is 4.74 Å². The number of thiophene rings is 2. The third-order valence-electron chi connectivity index (χ3n) is 4.15. The zero-order valence-corrected chi connectivity index (χ0v) is 15.2. The third-order valence-corrected chi connectivity index (χ3v) is 5.92. The predicted molar refractivity (Wildman–Crippen MR) is 98.8 cm³/mol. The molecule has 1 fully saturated rings. The van der Waals surface area contributed by atoms with Gasteiger partial charge in [0.05, 0.1) is 24.1 Å². The Bertz CT molecular complexity index is 890. The van der Waals surface area contributed by atoms with Gasteiger partial charge in [0.15, 0.2) is 0 Å². The second-order valence-corrected chi connectivity index (χ2v) is 8.08. The SMILES string of the molecule is C[C@H]1CN(Cc2nc3scc(-c4cccs4)c3c(=O)[nH]2)C[C@H](C)O1. The Balaban J connectivity index is 1.65. The van der Waals surface area contributed by atoms with E-state index in [1.54, 1.807) is 11.3 Å². The van der Waals surface area contributed by atoms with Gasteiger partial charge in [0, 0.05) is 28.9 Å². The zero-order valence-electron chi connectivity index (χ0n) is 13.6. The van der Waals surface area contributed by atoms with E-state index in [-0.39, 0.29) is 17.8 Å². The van der Waals surface area contributed by atoms with Crippen LogP contribution in [0.15, 0.2) is 27.7 Å². The van der Waals surface area contributed by atoms with Gasteiger partial charge < -0.3 is 9.72 Å². The van der Waals surface area contributed by atoms with Gasteiger partial charge in [0.1, 0.15) is 10.7 Å². The molecule has 0 spiro atoms. The summed E-state index contributed by atoms with van der Waals surface area (Å²) in [6.07, 6.45) is 0.410. The number of aromatic nitrogens is 2. The summed E-state index contributed by atoms with van der Waals surface area (Å²) in [6, 6.07) is 4.04. The summed E-state index contributed by atoms with van der Waals surface area (Å²) in [6.45, 7) is 6.52. The molecular weight excluding hydrogens is 342 g/mol. The first-order valence-corrected chi connectivity index (χ1v) is 9.78. The number of rotatable bonds is 3. The summed E-state index contributed by atoms with van der Waals surface area (Å²) in [5.74, 6) is 0.730. The highest BCUT2D eigenvalue weighted by Crippen LogP contribution is 2.33. The van der Waals surface area contributed by atoms with Crippen LogP contribution in [0.2, 0.25) is 0 Å². The van der Waals surface area contributed by atoms with E-state index in [9.17, 15) is 4.79 Å². The first-order valence-electron chi connectivity index (χ1n) is 8.02. The van der Waals surface area contributed by atoms with Gasteiger partial charge in [-0.15, -0.1) is 22.7 Å². The summed E-state index contributed by atoms with van der Waals surface area (Å²) in [5.41, 5.74) is 0.938. The molecule has 0 aliphatic carbocycles. The average molecular weight is 361 g/mol. The lowest BCUT2D eigenvalue weighted by Crippen LogP contribution is -2.45. The van der Waals surface area contributed by atoms with E-state index < -0.39 is 0 Å². The summed E-state index contributed by atoms with van der Waals surface area (Å²) >= 11 is 3.18. The van der Waals surface area contributed by atoms with Gasteiger partial charge in [0.2, 0.25) is 0 Å². The molecule has 1 aliphatic rings. The van der Waals surface area contributed by atoms with Crippen LogP contribution in [0.3, 0.4) is 0 Å². The smallest absolute Gasteiger partial charge is 0.260 e. The van der Waals surface area contributed by atoms with Gasteiger partial charge in [-0.05, 0) is 25.3 Å². The van der Waals surface area contributed by atoms with Crippen molar-refractivity contribution in [3.8, 4) is 10.4 Å². The van der Waals surface area contributed by atoms with Crippen molar-refractivity contribution in [2.24, 2.45) is 0 Å². The molecule has 4 rings (SSSR count). The number of morpholine rings is 1. The quantitative estimate of drug-likeness (QED) is 0.777. The molecule has 1 N–H and O–H groups in total. The lowest BCUT2D eigenvalue weighted by atomic mass is 10.2. The normalized spacial score (nSPS) is 22.2. The molecule has 3 aromatic rings. The molecule has 5 nitrogen and oxygen atoms in total. The van der Waals surface area contributed by atoms with Crippen molar-refractivity contribution in [2.45, 2.75) is 32.6 Å². The maximum Gasteiger partial charge on any atom is 0.260 e. The van der Waals surface area contributed by atoms with Crippen LogP contribution in [-0.4, -0.2) is 40.2 Å². The van der Waals surface area contributed by atoms with Crippen molar-refractivity contribution in [2.75, 3.05) is 13.1 Å². The largest absolute Gasteiger partial charge is 0.373 e. The van der Waals surface area contributed by atoms with Crippen LogP contribution in [0.25, 0.3) is 20.7 Å². The number of hydrogen-bond donors (Lipinski definition) is 1. The molecule has 0 bridgehead atoms. The van der Waals surface area contributed by atoms with Crippen molar-refractivity contribution in [3.63, 3.8) is 0 Å². The fourth-order valence-corrected chi connectivity index (χ4v) is 5.09. The molecule has 0 radical (unpaired) electrons. The number of hydrogen-bond acceptors (Lipinski definition) is 6. The van der Waals surface area contributed by atoms with Crippen LogP contribution in [0.5, 0.6) is 0 Å². The monoisotopic (exact) mass is 361 g/mol. The van der Waals surface area contributed by atoms with E-state index >= 15 is 0 Å². The summed E-state index contributed by atoms with van der Waals surface area (Å²) in [7, 11) is 0. The van der Waals surface area contributed by atoms with Gasteiger partial charge in [-0.1, -0.05) is 6.07 Å². The van der Waals surface area contributed by atoms with E-state index in [1.165, 1.54) is 11.3 Å². The van der Waals surface area contributed by atoms with Gasteiger partial charge in [0.25, 0.3) is 5.56 Å². The molecule has 24 heavy (non-hydrogen) atoms. The molecule has 2 atom stereocenters. The van der Waals surface area contributed by atoms with Gasteiger partial charge in [-0.2, -0.15) is 0 Å². The first kappa shape index (κ1) is 16.0. The number of fused-ring (bicyclic) bond motifs is 1. The second-order valence-electron chi connectivity index (χ2n) is 6.27. The Labute approximate surface area is 147 Å². The van der Waals surface area contributed by atoms with Crippen molar-refractivity contribution in [3.05, 3.63) is 39.1 Å². The standard InChI is InChI=1S/C17H19N3O2S2/c1-10-6-20(7-11(2)22-10)8-14-18-16(21)15-12(9-24-17(15)19-14)13-4-3-5-23-13/h3-5,9-11H,6-8H2,1-2H3,(H,18,19,21)/t10-,11-/m0/s1. The van der Waals surface area contributed by atoms with E-state index in [1.807, 2.05) is 22.9 Å². The van der Waals surface area contributed by atoms with Crippen LogP contribution >= 0.6 is 22.7 Å². The lowest BCUT2D eigenvalue weighted by Gasteiger charge is -2.34. The van der Waals surface area contributed by atoms with E-state index in [2.05, 4.69) is 23.7 Å². The summed E-state index contributed by atoms with van der Waals surface area (Å²) in [4.78, 5) is 24.5. The highest BCUT2D eigenvalue weighted by molar-refractivity contribution is 7.18. The molecule has 0 unspecified atom stereocenters. The average Bonchev–Trinajstić information content (AvgIpc) is 3.14. The molecule has 0 aromatic carbocycles. The summed E-state index contributed by atoms with van der Waals surface area (Å²) in [5, 5.41) is 4.76. The van der Waals surface area contributed by atoms with E-state index in [0.29, 0.717) is 11.9 Å². The van der Waals surface area contributed by atoms with Crippen LogP contribution < -0.4 is 5.56 Å². The van der Waals surface area contributed by atoms with Gasteiger partial charge >= 0.3 is 0 Å². The Morgan fingerprint density at radius 1 is 1.33 bits per heavy atom.